The summed E-state index contributed by atoms with van der Waals surface area (Å²) in [6.07, 6.45) is 2.02. The van der Waals surface area contributed by atoms with Gasteiger partial charge < -0.3 is 15.0 Å². The lowest BCUT2D eigenvalue weighted by Crippen LogP contribution is -2.16. The van der Waals surface area contributed by atoms with Gasteiger partial charge in [0, 0.05) is 32.4 Å². The van der Waals surface area contributed by atoms with Crippen molar-refractivity contribution in [3.8, 4) is 11.1 Å². The summed E-state index contributed by atoms with van der Waals surface area (Å²) in [5, 5.41) is 14.9. The van der Waals surface area contributed by atoms with Crippen molar-refractivity contribution in [2.75, 3.05) is 11.6 Å². The Kier molecular flexibility index (Phi) is 7.47. The molecule has 1 amide bonds. The molecule has 5 rings (SSSR count). The Balaban J connectivity index is 1.68. The maximum absolute atomic E-state index is 13.1. The molecule has 0 fully saturated rings. The molecule has 1 aromatic heterocycles. The van der Waals surface area contributed by atoms with Crippen LogP contribution in [-0.4, -0.2) is 27.8 Å². The normalized spacial score (nSPS) is 11.0. The number of hydrogen-bond donors (Lipinski definition) is 2. The second-order valence-corrected chi connectivity index (χ2v) is 10.4. The molecular formula is C30H22Cl2N2O3S. The maximum Gasteiger partial charge on any atom is 0.354 e. The number of nitrogens with one attached hydrogen (secondary N) is 1. The fraction of sp³-hybridized carbons (Fsp3) is 0.0667. The summed E-state index contributed by atoms with van der Waals surface area (Å²) < 4.78 is 1.71. The number of carbonyl (C=O) groups excluding carboxylic acids is 1. The van der Waals surface area contributed by atoms with E-state index in [9.17, 15) is 14.7 Å². The van der Waals surface area contributed by atoms with Gasteiger partial charge in [0.25, 0.3) is 5.91 Å². The van der Waals surface area contributed by atoms with E-state index in [0.29, 0.717) is 26.5 Å². The molecule has 0 saturated carbocycles. The zero-order chi connectivity index (χ0) is 26.8. The Morgan fingerprint density at radius 1 is 0.868 bits per heavy atom. The Morgan fingerprint density at radius 2 is 1.58 bits per heavy atom. The molecule has 0 aliphatic carbocycles. The Labute approximate surface area is 234 Å². The fourth-order valence-electron chi connectivity index (χ4n) is 4.43. The third kappa shape index (κ3) is 5.29. The molecule has 0 aliphatic heterocycles. The van der Waals surface area contributed by atoms with Crippen molar-refractivity contribution in [1.82, 2.24) is 4.57 Å². The van der Waals surface area contributed by atoms with Crippen molar-refractivity contribution in [2.45, 2.75) is 11.4 Å². The van der Waals surface area contributed by atoms with Gasteiger partial charge in [0.1, 0.15) is 0 Å². The zero-order valence-electron chi connectivity index (χ0n) is 20.2. The molecule has 4 aromatic carbocycles. The number of anilines is 1. The summed E-state index contributed by atoms with van der Waals surface area (Å²) >= 11 is 13.9. The summed E-state index contributed by atoms with van der Waals surface area (Å²) in [5.74, 6) is -1.58. The van der Waals surface area contributed by atoms with Gasteiger partial charge in [-0.3, -0.25) is 4.79 Å². The smallest absolute Gasteiger partial charge is 0.354 e. The molecule has 2 N–H and O–H groups in total. The van der Waals surface area contributed by atoms with E-state index in [2.05, 4.69) is 17.4 Å². The largest absolute Gasteiger partial charge is 0.477 e. The lowest BCUT2D eigenvalue weighted by Gasteiger charge is -2.11. The van der Waals surface area contributed by atoms with Crippen molar-refractivity contribution in [1.29, 1.82) is 0 Å². The number of carboxylic acids is 1. The number of aromatic carboxylic acids is 1. The van der Waals surface area contributed by atoms with Crippen LogP contribution in [0.2, 0.25) is 10.0 Å². The second-order valence-electron chi connectivity index (χ2n) is 8.67. The van der Waals surface area contributed by atoms with Crippen molar-refractivity contribution in [2.24, 2.45) is 0 Å². The van der Waals surface area contributed by atoms with E-state index in [1.807, 2.05) is 48.7 Å². The number of fused-ring (bicyclic) bond motifs is 1. The molecule has 0 bridgehead atoms. The minimum atomic E-state index is -1.15. The van der Waals surface area contributed by atoms with Crippen molar-refractivity contribution in [3.63, 3.8) is 0 Å². The number of carboxylic acid groups (broad SMARTS) is 1. The van der Waals surface area contributed by atoms with Crippen molar-refractivity contribution >= 4 is 63.4 Å². The van der Waals surface area contributed by atoms with Crippen LogP contribution in [0.1, 0.15) is 26.4 Å². The average Bonchev–Trinajstić information content (AvgIpc) is 3.21. The molecule has 8 heteroatoms. The van der Waals surface area contributed by atoms with Crippen LogP contribution in [0.4, 0.5) is 5.69 Å². The van der Waals surface area contributed by atoms with Gasteiger partial charge in [-0.2, -0.15) is 0 Å². The molecule has 5 aromatic rings. The number of nitrogens with zero attached hydrogens (tertiary/aromatic N) is 1. The molecule has 0 spiro atoms. The number of benzene rings is 4. The topological polar surface area (TPSA) is 71.3 Å². The summed E-state index contributed by atoms with van der Waals surface area (Å²) in [6.45, 7) is 0.254. The molecule has 0 aliphatic rings. The minimum absolute atomic E-state index is 0.0165. The first-order valence-electron chi connectivity index (χ1n) is 11.7. The van der Waals surface area contributed by atoms with Crippen LogP contribution >= 0.6 is 35.0 Å². The van der Waals surface area contributed by atoms with E-state index in [4.69, 9.17) is 23.2 Å². The lowest BCUT2D eigenvalue weighted by atomic mass is 10.0. The minimum Gasteiger partial charge on any atom is -0.477 e. The number of amides is 1. The lowest BCUT2D eigenvalue weighted by molar-refractivity contribution is 0.0687. The van der Waals surface area contributed by atoms with E-state index < -0.39 is 11.9 Å². The third-order valence-corrected chi connectivity index (χ3v) is 7.50. The number of aromatic nitrogens is 1. The molecule has 5 nitrogen and oxygen atoms in total. The fourth-order valence-corrected chi connectivity index (χ4v) is 5.18. The van der Waals surface area contributed by atoms with Gasteiger partial charge in [-0.1, -0.05) is 59.6 Å². The quantitative estimate of drug-likeness (QED) is 0.196. The highest BCUT2D eigenvalue weighted by atomic mass is 35.5. The number of halogens is 2. The first-order chi connectivity index (χ1) is 18.3. The maximum atomic E-state index is 13.1. The standard InChI is InChI=1S/C30H22Cl2N2O3S/c1-38-24-12-7-19(8-13-24)21-9-14-25-26(16-21)34(17-18-3-2-4-23(32)15-18)28(30(36)37)27(25)33-29(35)20-5-10-22(31)11-6-20/h2-16H,17H2,1H3,(H,33,35)(H,36,37). The number of rotatable bonds is 7. The first kappa shape index (κ1) is 25.9. The third-order valence-electron chi connectivity index (χ3n) is 6.27. The average molecular weight is 561 g/mol. The first-order valence-corrected chi connectivity index (χ1v) is 13.7. The number of thioether (sulfide) groups is 1. The van der Waals surface area contributed by atoms with Crippen molar-refractivity contribution in [3.05, 3.63) is 118 Å². The van der Waals surface area contributed by atoms with Gasteiger partial charge >= 0.3 is 5.97 Å². The predicted octanol–water partition coefficient (Wildman–Crippen LogP) is 8.34. The van der Waals surface area contributed by atoms with Crippen LogP contribution < -0.4 is 5.32 Å². The molecule has 190 valence electrons. The Hall–Kier alpha value is -3.71. The van der Waals surface area contributed by atoms with Crippen LogP contribution in [0.3, 0.4) is 0 Å². The van der Waals surface area contributed by atoms with Gasteiger partial charge in [-0.15, -0.1) is 11.8 Å². The van der Waals surface area contributed by atoms with E-state index in [1.165, 1.54) is 0 Å². The summed E-state index contributed by atoms with van der Waals surface area (Å²) in [5.41, 5.74) is 4.04. The summed E-state index contributed by atoms with van der Waals surface area (Å²) in [4.78, 5) is 26.9. The van der Waals surface area contributed by atoms with Gasteiger partial charge in [-0.25, -0.2) is 4.79 Å². The monoisotopic (exact) mass is 560 g/mol. The van der Waals surface area contributed by atoms with Crippen LogP contribution in [0.5, 0.6) is 0 Å². The Bertz CT molecular complexity index is 1660. The predicted molar refractivity (Wildman–Crippen MR) is 156 cm³/mol. The molecule has 38 heavy (non-hydrogen) atoms. The summed E-state index contributed by atoms with van der Waals surface area (Å²) in [6, 6.07) is 27.6. The SMILES string of the molecule is CSc1ccc(-c2ccc3c(NC(=O)c4ccc(Cl)cc4)c(C(=O)O)n(Cc4cccc(Cl)c4)c3c2)cc1. The van der Waals surface area contributed by atoms with E-state index in [1.54, 1.807) is 52.7 Å². The molecule has 0 radical (unpaired) electrons. The van der Waals surface area contributed by atoms with Gasteiger partial charge in [0.05, 0.1) is 11.2 Å². The van der Waals surface area contributed by atoms with Crippen molar-refractivity contribution < 1.29 is 14.7 Å². The van der Waals surface area contributed by atoms with Crippen LogP contribution in [0.15, 0.2) is 95.9 Å². The molecular weight excluding hydrogens is 539 g/mol. The molecule has 0 unspecified atom stereocenters. The van der Waals surface area contributed by atoms with Gasteiger partial charge in [0.15, 0.2) is 5.69 Å². The van der Waals surface area contributed by atoms with Crippen LogP contribution in [-0.2, 0) is 6.54 Å². The highest BCUT2D eigenvalue weighted by Gasteiger charge is 2.25. The van der Waals surface area contributed by atoms with E-state index >= 15 is 0 Å². The zero-order valence-corrected chi connectivity index (χ0v) is 22.6. The highest BCUT2D eigenvalue weighted by Crippen LogP contribution is 2.36. The number of hydrogen-bond acceptors (Lipinski definition) is 3. The van der Waals surface area contributed by atoms with E-state index in [0.717, 1.165) is 21.6 Å². The van der Waals surface area contributed by atoms with Crippen LogP contribution in [0, 0.1) is 0 Å². The molecule has 1 heterocycles. The van der Waals surface area contributed by atoms with Gasteiger partial charge in [0.2, 0.25) is 0 Å². The number of carbonyl (C=O) groups is 2. The van der Waals surface area contributed by atoms with Gasteiger partial charge in [-0.05, 0) is 77.5 Å². The molecule has 0 saturated heterocycles. The second kappa shape index (κ2) is 11.0. The Morgan fingerprint density at radius 3 is 2.24 bits per heavy atom. The van der Waals surface area contributed by atoms with E-state index in [-0.39, 0.29) is 17.9 Å². The highest BCUT2D eigenvalue weighted by molar-refractivity contribution is 7.98. The van der Waals surface area contributed by atoms with Crippen LogP contribution in [0.25, 0.3) is 22.0 Å². The summed E-state index contributed by atoms with van der Waals surface area (Å²) in [7, 11) is 0. The molecule has 0 atom stereocenters.